The molecule has 0 spiro atoms. The summed E-state index contributed by atoms with van der Waals surface area (Å²) in [6.45, 7) is 7.82. The second kappa shape index (κ2) is 7.08. The van der Waals surface area contributed by atoms with Crippen LogP contribution in [0.4, 0.5) is 0 Å². The van der Waals surface area contributed by atoms with E-state index in [0.717, 1.165) is 13.0 Å². The first-order chi connectivity index (χ1) is 5.66. The van der Waals surface area contributed by atoms with Crippen molar-refractivity contribution in [1.29, 1.82) is 5.26 Å². The Morgan fingerprint density at radius 2 is 1.92 bits per heavy atom. The zero-order valence-electron chi connectivity index (χ0n) is 8.22. The molecule has 3 heteroatoms. The van der Waals surface area contributed by atoms with E-state index in [2.05, 4.69) is 37.5 Å². The molecule has 0 fully saturated rings. The van der Waals surface area contributed by atoms with Crippen LogP contribution in [-0.2, 0) is 0 Å². The van der Waals surface area contributed by atoms with Crippen LogP contribution in [0.2, 0.25) is 0 Å². The Kier molecular flexibility index (Phi) is 6.73. The SMILES string of the molecule is CC(C)NCCC(C)NCC#N. The van der Waals surface area contributed by atoms with Crippen LogP contribution in [0.25, 0.3) is 0 Å². The van der Waals surface area contributed by atoms with Crippen molar-refractivity contribution in [3.63, 3.8) is 0 Å². The van der Waals surface area contributed by atoms with E-state index in [1.165, 1.54) is 0 Å². The molecule has 0 aromatic rings. The summed E-state index contributed by atoms with van der Waals surface area (Å²) in [6.07, 6.45) is 1.07. The molecule has 0 saturated heterocycles. The molecule has 0 rings (SSSR count). The zero-order valence-corrected chi connectivity index (χ0v) is 8.22. The summed E-state index contributed by atoms with van der Waals surface area (Å²) in [7, 11) is 0. The van der Waals surface area contributed by atoms with Gasteiger partial charge in [-0.15, -0.1) is 0 Å². The molecule has 12 heavy (non-hydrogen) atoms. The maximum atomic E-state index is 8.30. The molecule has 0 heterocycles. The van der Waals surface area contributed by atoms with Gasteiger partial charge in [0, 0.05) is 12.1 Å². The van der Waals surface area contributed by atoms with Crippen molar-refractivity contribution in [2.75, 3.05) is 13.1 Å². The standard InChI is InChI=1S/C9H19N3/c1-8(2)11-6-4-9(3)12-7-5-10/h8-9,11-12H,4,6-7H2,1-3H3. The van der Waals surface area contributed by atoms with Crippen molar-refractivity contribution in [2.45, 2.75) is 39.3 Å². The van der Waals surface area contributed by atoms with E-state index in [1.54, 1.807) is 0 Å². The molecule has 1 atom stereocenters. The lowest BCUT2D eigenvalue weighted by molar-refractivity contribution is 0.491. The summed E-state index contributed by atoms with van der Waals surface area (Å²) >= 11 is 0. The van der Waals surface area contributed by atoms with Gasteiger partial charge in [0.25, 0.3) is 0 Å². The molecule has 3 nitrogen and oxygen atoms in total. The molecule has 0 radical (unpaired) electrons. The average Bonchev–Trinajstić information content (AvgIpc) is 2.00. The van der Waals surface area contributed by atoms with Gasteiger partial charge in [0.1, 0.15) is 0 Å². The zero-order chi connectivity index (χ0) is 9.40. The first-order valence-electron chi connectivity index (χ1n) is 4.50. The highest BCUT2D eigenvalue weighted by atomic mass is 14.9. The van der Waals surface area contributed by atoms with Crippen LogP contribution in [0, 0.1) is 11.3 Å². The van der Waals surface area contributed by atoms with Crippen LogP contribution in [0.3, 0.4) is 0 Å². The van der Waals surface area contributed by atoms with Crippen molar-refractivity contribution in [3.05, 3.63) is 0 Å². The van der Waals surface area contributed by atoms with E-state index in [0.29, 0.717) is 18.6 Å². The van der Waals surface area contributed by atoms with Gasteiger partial charge in [-0.1, -0.05) is 13.8 Å². The molecule has 0 aromatic heterocycles. The van der Waals surface area contributed by atoms with Crippen LogP contribution in [-0.4, -0.2) is 25.2 Å². The smallest absolute Gasteiger partial charge is 0.0843 e. The maximum absolute atomic E-state index is 8.30. The van der Waals surface area contributed by atoms with Gasteiger partial charge in [-0.25, -0.2) is 0 Å². The molecular weight excluding hydrogens is 150 g/mol. The Morgan fingerprint density at radius 3 is 2.42 bits per heavy atom. The normalized spacial score (nSPS) is 12.9. The first-order valence-corrected chi connectivity index (χ1v) is 4.50. The number of hydrogen-bond donors (Lipinski definition) is 2. The van der Waals surface area contributed by atoms with Crippen LogP contribution < -0.4 is 10.6 Å². The van der Waals surface area contributed by atoms with Gasteiger partial charge in [-0.3, -0.25) is 0 Å². The topological polar surface area (TPSA) is 47.8 Å². The van der Waals surface area contributed by atoms with E-state index in [9.17, 15) is 0 Å². The molecule has 0 aromatic carbocycles. The molecule has 0 aliphatic heterocycles. The number of nitrogens with one attached hydrogen (secondary N) is 2. The van der Waals surface area contributed by atoms with Gasteiger partial charge in [-0.2, -0.15) is 5.26 Å². The monoisotopic (exact) mass is 169 g/mol. The third kappa shape index (κ3) is 7.52. The Balaban J connectivity index is 3.20. The van der Waals surface area contributed by atoms with Crippen molar-refractivity contribution in [3.8, 4) is 6.07 Å². The lowest BCUT2D eigenvalue weighted by atomic mass is 10.2. The van der Waals surface area contributed by atoms with E-state index < -0.39 is 0 Å². The third-order valence-electron chi connectivity index (χ3n) is 1.66. The van der Waals surface area contributed by atoms with Crippen LogP contribution in [0.15, 0.2) is 0 Å². The lowest BCUT2D eigenvalue weighted by Gasteiger charge is -2.13. The van der Waals surface area contributed by atoms with Gasteiger partial charge in [0.05, 0.1) is 12.6 Å². The van der Waals surface area contributed by atoms with E-state index in [-0.39, 0.29) is 0 Å². The molecule has 0 amide bonds. The summed E-state index contributed by atoms with van der Waals surface area (Å²) in [5, 5.41) is 14.7. The summed E-state index contributed by atoms with van der Waals surface area (Å²) in [6, 6.07) is 3.04. The number of rotatable bonds is 6. The van der Waals surface area contributed by atoms with Crippen LogP contribution >= 0.6 is 0 Å². The number of hydrogen-bond acceptors (Lipinski definition) is 3. The molecule has 0 aliphatic carbocycles. The fraction of sp³-hybridized carbons (Fsp3) is 0.889. The van der Waals surface area contributed by atoms with E-state index in [4.69, 9.17) is 5.26 Å². The molecule has 0 saturated carbocycles. The summed E-state index contributed by atoms with van der Waals surface area (Å²) in [5.41, 5.74) is 0. The summed E-state index contributed by atoms with van der Waals surface area (Å²) < 4.78 is 0. The minimum atomic E-state index is 0.427. The van der Waals surface area contributed by atoms with Crippen molar-refractivity contribution in [1.82, 2.24) is 10.6 Å². The quantitative estimate of drug-likeness (QED) is 0.580. The molecule has 0 bridgehead atoms. The minimum absolute atomic E-state index is 0.427. The van der Waals surface area contributed by atoms with Gasteiger partial charge >= 0.3 is 0 Å². The second-order valence-corrected chi connectivity index (χ2v) is 3.34. The van der Waals surface area contributed by atoms with Gasteiger partial charge in [-0.05, 0) is 19.9 Å². The number of nitrogens with zero attached hydrogens (tertiary/aromatic N) is 1. The Morgan fingerprint density at radius 1 is 1.25 bits per heavy atom. The van der Waals surface area contributed by atoms with Gasteiger partial charge in [0.15, 0.2) is 0 Å². The first kappa shape index (κ1) is 11.4. The lowest BCUT2D eigenvalue weighted by Crippen LogP contribution is -2.32. The number of nitriles is 1. The van der Waals surface area contributed by atoms with Crippen LogP contribution in [0.1, 0.15) is 27.2 Å². The third-order valence-corrected chi connectivity index (χ3v) is 1.66. The van der Waals surface area contributed by atoms with E-state index in [1.807, 2.05) is 0 Å². The fourth-order valence-corrected chi connectivity index (χ4v) is 0.910. The van der Waals surface area contributed by atoms with Crippen molar-refractivity contribution >= 4 is 0 Å². The highest BCUT2D eigenvalue weighted by molar-refractivity contribution is 4.76. The minimum Gasteiger partial charge on any atom is -0.314 e. The molecule has 1 unspecified atom stereocenters. The summed E-state index contributed by atoms with van der Waals surface area (Å²) in [4.78, 5) is 0. The Labute approximate surface area is 75.2 Å². The average molecular weight is 169 g/mol. The maximum Gasteiger partial charge on any atom is 0.0843 e. The Bertz CT molecular complexity index is 137. The highest BCUT2D eigenvalue weighted by Gasteiger charge is 1.99. The fourth-order valence-electron chi connectivity index (χ4n) is 0.910. The van der Waals surface area contributed by atoms with Gasteiger partial charge in [0.2, 0.25) is 0 Å². The predicted molar refractivity (Wildman–Crippen MR) is 50.8 cm³/mol. The molecular formula is C9H19N3. The predicted octanol–water partition coefficient (Wildman–Crippen LogP) is 0.876. The highest BCUT2D eigenvalue weighted by Crippen LogP contribution is 1.88. The van der Waals surface area contributed by atoms with E-state index >= 15 is 0 Å². The molecule has 0 aliphatic rings. The van der Waals surface area contributed by atoms with Gasteiger partial charge < -0.3 is 10.6 Å². The van der Waals surface area contributed by atoms with Crippen molar-refractivity contribution in [2.24, 2.45) is 0 Å². The van der Waals surface area contributed by atoms with Crippen LogP contribution in [0.5, 0.6) is 0 Å². The van der Waals surface area contributed by atoms with Crippen molar-refractivity contribution < 1.29 is 0 Å². The molecule has 70 valence electrons. The Hall–Kier alpha value is -0.590. The summed E-state index contributed by atoms with van der Waals surface area (Å²) in [5.74, 6) is 0. The second-order valence-electron chi connectivity index (χ2n) is 3.34. The molecule has 2 N–H and O–H groups in total. The largest absolute Gasteiger partial charge is 0.314 e.